The largest absolute Gasteiger partial charge is 0.506 e. The lowest BCUT2D eigenvalue weighted by Gasteiger charge is -2.14. The summed E-state index contributed by atoms with van der Waals surface area (Å²) in [4.78, 5) is 0. The Labute approximate surface area is 93.3 Å². The van der Waals surface area contributed by atoms with Gasteiger partial charge in [-0.2, -0.15) is 0 Å². The highest BCUT2D eigenvalue weighted by Gasteiger charge is 2.12. The summed E-state index contributed by atoms with van der Waals surface area (Å²) >= 11 is 3.33. The van der Waals surface area contributed by atoms with Gasteiger partial charge in [0.25, 0.3) is 0 Å². The Hall–Kier alpha value is -0.540. The third-order valence-electron chi connectivity index (χ3n) is 2.43. The van der Waals surface area contributed by atoms with Crippen LogP contribution in [-0.2, 0) is 6.42 Å². The molecule has 78 valence electrons. The first kappa shape index (κ1) is 11.5. The zero-order valence-corrected chi connectivity index (χ0v) is 10.4. The molecule has 3 N–H and O–H groups in total. The summed E-state index contributed by atoms with van der Waals surface area (Å²) in [6.07, 6.45) is 0.706. The van der Waals surface area contributed by atoms with Crippen molar-refractivity contribution in [2.45, 2.75) is 33.2 Å². The minimum Gasteiger partial charge on any atom is -0.506 e. The monoisotopic (exact) mass is 257 g/mol. The van der Waals surface area contributed by atoms with Gasteiger partial charge in [0, 0.05) is 6.04 Å². The number of benzene rings is 1. The predicted molar refractivity (Wildman–Crippen MR) is 62.6 cm³/mol. The third kappa shape index (κ3) is 2.28. The van der Waals surface area contributed by atoms with E-state index in [0.717, 1.165) is 15.6 Å². The number of halogens is 1. The summed E-state index contributed by atoms with van der Waals surface area (Å²) in [6, 6.07) is 1.99. The molecular weight excluding hydrogens is 242 g/mol. The standard InChI is InChI=1S/C11H16BrNO/c1-6-4-10(12)11(14)9(8(6)3)5-7(2)13/h4,7,14H,5,13H2,1-3H3. The number of aromatic hydroxyl groups is 1. The van der Waals surface area contributed by atoms with Crippen molar-refractivity contribution in [3.8, 4) is 5.75 Å². The van der Waals surface area contributed by atoms with E-state index in [4.69, 9.17) is 5.73 Å². The van der Waals surface area contributed by atoms with Crippen LogP contribution in [0, 0.1) is 13.8 Å². The Morgan fingerprint density at radius 2 is 2.07 bits per heavy atom. The zero-order chi connectivity index (χ0) is 10.9. The van der Waals surface area contributed by atoms with Gasteiger partial charge in [-0.05, 0) is 65.9 Å². The van der Waals surface area contributed by atoms with Crippen LogP contribution in [0.15, 0.2) is 10.5 Å². The van der Waals surface area contributed by atoms with Gasteiger partial charge in [0.05, 0.1) is 4.47 Å². The first-order valence-corrected chi connectivity index (χ1v) is 5.46. The van der Waals surface area contributed by atoms with E-state index in [2.05, 4.69) is 15.9 Å². The maximum atomic E-state index is 9.85. The topological polar surface area (TPSA) is 46.2 Å². The summed E-state index contributed by atoms with van der Waals surface area (Å²) in [5.74, 6) is 0.324. The minimum absolute atomic E-state index is 0.0632. The van der Waals surface area contributed by atoms with E-state index in [1.807, 2.05) is 26.8 Å². The van der Waals surface area contributed by atoms with Gasteiger partial charge in [0.1, 0.15) is 5.75 Å². The molecule has 0 bridgehead atoms. The van der Waals surface area contributed by atoms with Crippen molar-refractivity contribution in [1.82, 2.24) is 0 Å². The highest BCUT2D eigenvalue weighted by Crippen LogP contribution is 2.33. The van der Waals surface area contributed by atoms with E-state index in [0.29, 0.717) is 12.2 Å². The molecule has 1 aromatic carbocycles. The van der Waals surface area contributed by atoms with Gasteiger partial charge in [0.15, 0.2) is 0 Å². The molecule has 14 heavy (non-hydrogen) atoms. The van der Waals surface area contributed by atoms with Crippen molar-refractivity contribution in [3.63, 3.8) is 0 Å². The van der Waals surface area contributed by atoms with E-state index in [-0.39, 0.29) is 6.04 Å². The second-order valence-corrected chi connectivity index (χ2v) is 4.66. The molecule has 0 aliphatic rings. The molecule has 0 aliphatic carbocycles. The van der Waals surface area contributed by atoms with Crippen LogP contribution < -0.4 is 5.73 Å². The molecule has 1 unspecified atom stereocenters. The van der Waals surface area contributed by atoms with Crippen molar-refractivity contribution >= 4 is 15.9 Å². The fourth-order valence-electron chi connectivity index (χ4n) is 1.50. The van der Waals surface area contributed by atoms with Crippen molar-refractivity contribution < 1.29 is 5.11 Å². The van der Waals surface area contributed by atoms with Crippen LogP contribution >= 0.6 is 15.9 Å². The lowest BCUT2D eigenvalue weighted by molar-refractivity contribution is 0.461. The molecule has 0 saturated carbocycles. The lowest BCUT2D eigenvalue weighted by atomic mass is 9.97. The first-order valence-electron chi connectivity index (χ1n) is 4.66. The number of phenols is 1. The fourth-order valence-corrected chi connectivity index (χ4v) is 2.08. The average molecular weight is 258 g/mol. The van der Waals surface area contributed by atoms with Gasteiger partial charge >= 0.3 is 0 Å². The summed E-state index contributed by atoms with van der Waals surface area (Å²) in [6.45, 7) is 5.98. The molecule has 3 heteroatoms. The summed E-state index contributed by atoms with van der Waals surface area (Å²) in [5, 5.41) is 9.85. The van der Waals surface area contributed by atoms with Crippen LogP contribution in [0.3, 0.4) is 0 Å². The number of hydrogen-bond acceptors (Lipinski definition) is 2. The highest BCUT2D eigenvalue weighted by atomic mass is 79.9. The van der Waals surface area contributed by atoms with E-state index in [9.17, 15) is 5.11 Å². The van der Waals surface area contributed by atoms with Crippen LogP contribution in [0.1, 0.15) is 23.6 Å². The van der Waals surface area contributed by atoms with Gasteiger partial charge in [-0.15, -0.1) is 0 Å². The van der Waals surface area contributed by atoms with E-state index in [1.165, 1.54) is 5.56 Å². The van der Waals surface area contributed by atoms with Gasteiger partial charge in [0.2, 0.25) is 0 Å². The van der Waals surface area contributed by atoms with Crippen LogP contribution in [0.4, 0.5) is 0 Å². The fraction of sp³-hybridized carbons (Fsp3) is 0.455. The minimum atomic E-state index is 0.0632. The van der Waals surface area contributed by atoms with Crippen LogP contribution in [0.5, 0.6) is 5.75 Å². The summed E-state index contributed by atoms with van der Waals surface area (Å²) in [7, 11) is 0. The zero-order valence-electron chi connectivity index (χ0n) is 8.76. The molecule has 0 spiro atoms. The molecule has 1 atom stereocenters. The maximum absolute atomic E-state index is 9.85. The predicted octanol–water partition coefficient (Wildman–Crippen LogP) is 2.66. The number of aryl methyl sites for hydroxylation is 1. The molecule has 0 saturated heterocycles. The maximum Gasteiger partial charge on any atom is 0.133 e. The molecule has 0 heterocycles. The SMILES string of the molecule is Cc1cc(Br)c(O)c(CC(C)N)c1C. The van der Waals surface area contributed by atoms with Crippen LogP contribution in [0.2, 0.25) is 0 Å². The Morgan fingerprint density at radius 1 is 1.50 bits per heavy atom. The van der Waals surface area contributed by atoms with Gasteiger partial charge in [-0.25, -0.2) is 0 Å². The third-order valence-corrected chi connectivity index (χ3v) is 3.03. The molecule has 0 aromatic heterocycles. The lowest BCUT2D eigenvalue weighted by Crippen LogP contribution is -2.18. The number of nitrogens with two attached hydrogens (primary N) is 1. The van der Waals surface area contributed by atoms with E-state index >= 15 is 0 Å². The van der Waals surface area contributed by atoms with Gasteiger partial charge in [-0.1, -0.05) is 0 Å². The summed E-state index contributed by atoms with van der Waals surface area (Å²) < 4.78 is 0.747. The average Bonchev–Trinajstić information content (AvgIpc) is 2.09. The summed E-state index contributed by atoms with van der Waals surface area (Å²) in [5.41, 5.74) is 8.99. The molecule has 0 fully saturated rings. The Morgan fingerprint density at radius 3 is 2.57 bits per heavy atom. The Balaban J connectivity index is 3.25. The van der Waals surface area contributed by atoms with Crippen molar-refractivity contribution in [1.29, 1.82) is 0 Å². The smallest absolute Gasteiger partial charge is 0.133 e. The van der Waals surface area contributed by atoms with E-state index in [1.54, 1.807) is 0 Å². The molecule has 1 aromatic rings. The van der Waals surface area contributed by atoms with Gasteiger partial charge < -0.3 is 10.8 Å². The normalized spacial score (nSPS) is 12.9. The molecule has 2 nitrogen and oxygen atoms in total. The first-order chi connectivity index (χ1) is 6.43. The second-order valence-electron chi connectivity index (χ2n) is 3.81. The molecule has 1 rings (SSSR count). The Kier molecular flexibility index (Phi) is 3.56. The van der Waals surface area contributed by atoms with Crippen LogP contribution in [0.25, 0.3) is 0 Å². The quantitative estimate of drug-likeness (QED) is 0.856. The van der Waals surface area contributed by atoms with Crippen LogP contribution in [-0.4, -0.2) is 11.1 Å². The number of hydrogen-bond donors (Lipinski definition) is 2. The second kappa shape index (κ2) is 4.32. The highest BCUT2D eigenvalue weighted by molar-refractivity contribution is 9.10. The number of rotatable bonds is 2. The number of phenolic OH excluding ortho intramolecular Hbond substituents is 1. The van der Waals surface area contributed by atoms with Crippen molar-refractivity contribution in [2.24, 2.45) is 5.73 Å². The molecular formula is C11H16BrNO. The Bertz CT molecular complexity index is 321. The molecule has 0 radical (unpaired) electrons. The molecule has 0 aliphatic heterocycles. The molecule has 0 amide bonds. The van der Waals surface area contributed by atoms with Gasteiger partial charge in [-0.3, -0.25) is 0 Å². The van der Waals surface area contributed by atoms with Crippen molar-refractivity contribution in [2.75, 3.05) is 0 Å². The van der Waals surface area contributed by atoms with Crippen molar-refractivity contribution in [3.05, 3.63) is 27.2 Å². The van der Waals surface area contributed by atoms with E-state index < -0.39 is 0 Å².